The van der Waals surface area contributed by atoms with Crippen molar-refractivity contribution < 1.29 is 31.8 Å². The number of benzene rings is 1. The molecule has 0 saturated heterocycles. The number of aromatic amines is 1. The molecule has 1 unspecified atom stereocenters. The topological polar surface area (TPSA) is 106 Å². The molecule has 10 heteroatoms. The third kappa shape index (κ3) is 3.71. The quantitative estimate of drug-likeness (QED) is 0.624. The van der Waals surface area contributed by atoms with Crippen LogP contribution >= 0.6 is 0 Å². The van der Waals surface area contributed by atoms with Crippen LogP contribution in [0.1, 0.15) is 38.4 Å². The van der Waals surface area contributed by atoms with Crippen LogP contribution in [0.25, 0.3) is 0 Å². The number of H-pyrrole nitrogens is 1. The fraction of sp³-hybridized carbons (Fsp3) is 0.286. The van der Waals surface area contributed by atoms with E-state index in [2.05, 4.69) is 10.2 Å². The third-order valence-electron chi connectivity index (χ3n) is 3.35. The Morgan fingerprint density at radius 2 is 2.08 bits per heavy atom. The lowest BCUT2D eigenvalue weighted by atomic mass is 9.96. The summed E-state index contributed by atoms with van der Waals surface area (Å²) in [5.74, 6) is -1.45. The number of aliphatic hydroxyl groups excluding tert-OH is 1. The van der Waals surface area contributed by atoms with Crippen LogP contribution in [0.3, 0.4) is 0 Å². The highest BCUT2D eigenvalue weighted by Gasteiger charge is 2.32. The van der Waals surface area contributed by atoms with Gasteiger partial charge in [-0.3, -0.25) is 14.1 Å². The zero-order chi connectivity index (χ0) is 18.1. The maximum absolute atomic E-state index is 12.8. The number of nitrogens with zero attached hydrogens (tertiary/aromatic N) is 1. The largest absolute Gasteiger partial charge is 0.772 e. The van der Waals surface area contributed by atoms with Crippen LogP contribution in [0.15, 0.2) is 18.2 Å². The van der Waals surface area contributed by atoms with E-state index in [9.17, 15) is 31.8 Å². The second-order valence-electron chi connectivity index (χ2n) is 4.98. The lowest BCUT2D eigenvalue weighted by Crippen LogP contribution is -2.13. The van der Waals surface area contributed by atoms with Gasteiger partial charge in [-0.1, -0.05) is 17.1 Å². The van der Waals surface area contributed by atoms with Gasteiger partial charge in [0.05, 0.1) is 23.4 Å². The molecule has 2 N–H and O–H groups in total. The Hall–Kier alpha value is -2.04. The monoisotopic (exact) mass is 361 g/mol. The van der Waals surface area contributed by atoms with Crippen molar-refractivity contribution >= 4 is 16.9 Å². The maximum Gasteiger partial charge on any atom is 0.416 e. The molecule has 24 heavy (non-hydrogen) atoms. The first kappa shape index (κ1) is 18.3. The zero-order valence-corrected chi connectivity index (χ0v) is 13.1. The standard InChI is InChI=1S/C14H13F3N2O4S/c1-7-12(11(5-20)19-18-7)13(21)10-3-2-9(14(15,16)17)4-8(10)6-24(22)23/h2-4,20H,5-6H2,1H3,(H,18,19)(H,22,23)/p-1. The lowest BCUT2D eigenvalue weighted by Gasteiger charge is -2.14. The van der Waals surface area contributed by atoms with E-state index in [1.54, 1.807) is 0 Å². The Labute approximate surface area is 137 Å². The molecule has 2 aromatic rings. The van der Waals surface area contributed by atoms with E-state index in [0.717, 1.165) is 6.07 Å². The number of aliphatic hydroxyl groups is 1. The number of hydrogen-bond acceptors (Lipinski definition) is 5. The molecule has 0 bridgehead atoms. The normalized spacial score (nSPS) is 13.1. The van der Waals surface area contributed by atoms with Crippen molar-refractivity contribution in [3.63, 3.8) is 0 Å². The minimum atomic E-state index is -4.66. The van der Waals surface area contributed by atoms with E-state index in [-0.39, 0.29) is 22.4 Å². The van der Waals surface area contributed by atoms with Crippen molar-refractivity contribution in [2.45, 2.75) is 25.5 Å². The Kier molecular flexibility index (Phi) is 5.21. The molecule has 130 valence electrons. The first-order valence-corrected chi connectivity index (χ1v) is 7.85. The molecule has 0 spiro atoms. The molecular formula is C14H12F3N2O4S-. The summed E-state index contributed by atoms with van der Waals surface area (Å²) in [5, 5.41) is 15.4. The minimum Gasteiger partial charge on any atom is -0.772 e. The molecule has 0 fully saturated rings. The molecule has 0 aliphatic heterocycles. The number of rotatable bonds is 5. The molecule has 1 heterocycles. The van der Waals surface area contributed by atoms with Crippen molar-refractivity contribution in [2.24, 2.45) is 0 Å². The molecule has 0 radical (unpaired) electrons. The van der Waals surface area contributed by atoms with E-state index in [4.69, 9.17) is 0 Å². The molecular weight excluding hydrogens is 349 g/mol. The van der Waals surface area contributed by atoms with Crippen LogP contribution in [0.4, 0.5) is 13.2 Å². The Morgan fingerprint density at radius 3 is 2.62 bits per heavy atom. The van der Waals surface area contributed by atoms with Crippen LogP contribution in [0, 0.1) is 6.92 Å². The molecule has 0 saturated carbocycles. The molecule has 1 aromatic heterocycles. The van der Waals surface area contributed by atoms with E-state index < -0.39 is 41.0 Å². The van der Waals surface area contributed by atoms with Crippen LogP contribution in [0.2, 0.25) is 0 Å². The van der Waals surface area contributed by atoms with Gasteiger partial charge < -0.3 is 9.66 Å². The summed E-state index contributed by atoms with van der Waals surface area (Å²) in [6.45, 7) is 0.962. The lowest BCUT2D eigenvalue weighted by molar-refractivity contribution is -0.137. The molecule has 6 nitrogen and oxygen atoms in total. The molecule has 0 aliphatic rings. The van der Waals surface area contributed by atoms with Gasteiger partial charge in [0.2, 0.25) is 0 Å². The highest BCUT2D eigenvalue weighted by Crippen LogP contribution is 2.32. The average Bonchev–Trinajstić information content (AvgIpc) is 2.86. The van der Waals surface area contributed by atoms with Crippen molar-refractivity contribution in [1.82, 2.24) is 10.2 Å². The van der Waals surface area contributed by atoms with E-state index >= 15 is 0 Å². The third-order valence-corrected chi connectivity index (χ3v) is 3.90. The number of carbonyl (C=O) groups is 1. The molecule has 1 aromatic carbocycles. The van der Waals surface area contributed by atoms with Crippen molar-refractivity contribution in [2.75, 3.05) is 0 Å². The second-order valence-corrected chi connectivity index (χ2v) is 5.87. The summed E-state index contributed by atoms with van der Waals surface area (Å²) >= 11 is -2.68. The van der Waals surface area contributed by atoms with Crippen molar-refractivity contribution in [3.8, 4) is 0 Å². The average molecular weight is 361 g/mol. The molecule has 0 aliphatic carbocycles. The number of aryl methyl sites for hydroxylation is 1. The van der Waals surface area contributed by atoms with Gasteiger partial charge in [-0.15, -0.1) is 0 Å². The summed E-state index contributed by atoms with van der Waals surface area (Å²) in [7, 11) is 0. The molecule has 2 rings (SSSR count). The van der Waals surface area contributed by atoms with Gasteiger partial charge in [0.15, 0.2) is 5.78 Å². The number of aromatic nitrogens is 2. The zero-order valence-electron chi connectivity index (χ0n) is 12.3. The number of alkyl halides is 3. The summed E-state index contributed by atoms with van der Waals surface area (Å²) < 4.78 is 60.3. The first-order chi connectivity index (χ1) is 11.1. The smallest absolute Gasteiger partial charge is 0.416 e. The maximum atomic E-state index is 12.8. The summed E-state index contributed by atoms with van der Waals surface area (Å²) in [5.41, 5.74) is -1.15. The first-order valence-electron chi connectivity index (χ1n) is 6.60. The SMILES string of the molecule is Cc1[nH]nc(CO)c1C(=O)c1ccc(C(F)(F)F)cc1CS(=O)[O-]. The predicted octanol–water partition coefficient (Wildman–Crippen LogP) is 1.84. The van der Waals surface area contributed by atoms with Crippen LogP contribution in [0.5, 0.6) is 0 Å². The number of hydrogen-bond donors (Lipinski definition) is 2. The second kappa shape index (κ2) is 6.83. The number of ketones is 1. The van der Waals surface area contributed by atoms with Gasteiger partial charge in [0, 0.05) is 17.0 Å². The Morgan fingerprint density at radius 1 is 1.42 bits per heavy atom. The summed E-state index contributed by atoms with van der Waals surface area (Å²) in [4.78, 5) is 12.6. The number of nitrogens with one attached hydrogen (secondary N) is 1. The van der Waals surface area contributed by atoms with Gasteiger partial charge in [-0.25, -0.2) is 0 Å². The van der Waals surface area contributed by atoms with E-state index in [1.165, 1.54) is 6.92 Å². The van der Waals surface area contributed by atoms with Crippen molar-refractivity contribution in [3.05, 3.63) is 51.8 Å². The van der Waals surface area contributed by atoms with Gasteiger partial charge in [-0.05, 0) is 24.6 Å². The molecule has 0 amide bonds. The van der Waals surface area contributed by atoms with Crippen molar-refractivity contribution in [1.29, 1.82) is 0 Å². The van der Waals surface area contributed by atoms with Gasteiger partial charge in [-0.2, -0.15) is 18.3 Å². The highest BCUT2D eigenvalue weighted by molar-refractivity contribution is 7.78. The van der Waals surface area contributed by atoms with Gasteiger partial charge in [0.25, 0.3) is 0 Å². The van der Waals surface area contributed by atoms with Crippen LogP contribution in [-0.2, 0) is 29.6 Å². The summed E-state index contributed by atoms with van der Waals surface area (Å²) in [6.07, 6.45) is -4.66. The number of carbonyl (C=O) groups excluding carboxylic acids is 1. The Bertz CT molecular complexity index is 802. The van der Waals surface area contributed by atoms with Gasteiger partial charge in [0.1, 0.15) is 0 Å². The fourth-order valence-corrected chi connectivity index (χ4v) is 2.76. The minimum absolute atomic E-state index is 0.00944. The van der Waals surface area contributed by atoms with Crippen LogP contribution in [-0.4, -0.2) is 29.8 Å². The Balaban J connectivity index is 2.58. The van der Waals surface area contributed by atoms with E-state index in [0.29, 0.717) is 17.8 Å². The van der Waals surface area contributed by atoms with E-state index in [1.807, 2.05) is 0 Å². The summed E-state index contributed by atoms with van der Waals surface area (Å²) in [6, 6.07) is 2.27. The predicted molar refractivity (Wildman–Crippen MR) is 76.7 cm³/mol. The fourth-order valence-electron chi connectivity index (χ4n) is 2.27. The van der Waals surface area contributed by atoms with Crippen LogP contribution < -0.4 is 0 Å². The molecule has 1 atom stereocenters. The van der Waals surface area contributed by atoms with Gasteiger partial charge >= 0.3 is 6.18 Å². The number of halogens is 3. The highest BCUT2D eigenvalue weighted by atomic mass is 32.2.